The van der Waals surface area contributed by atoms with Crippen molar-refractivity contribution in [2.75, 3.05) is 39.3 Å². The molecule has 21 heavy (non-hydrogen) atoms. The molecule has 2 aliphatic carbocycles. The summed E-state index contributed by atoms with van der Waals surface area (Å²) in [7, 11) is 0. The molecular weight excluding hydrogens is 266 g/mol. The minimum Gasteiger partial charge on any atom is -0.355 e. The Hall–Kier alpha value is -1.10. The van der Waals surface area contributed by atoms with E-state index >= 15 is 0 Å². The van der Waals surface area contributed by atoms with Gasteiger partial charge in [0, 0.05) is 38.6 Å². The number of piperazine rings is 1. The quantitative estimate of drug-likeness (QED) is 0.812. The third-order valence-corrected chi connectivity index (χ3v) is 5.29. The molecular formula is C16H27N3O2. The van der Waals surface area contributed by atoms with E-state index in [4.69, 9.17) is 0 Å². The van der Waals surface area contributed by atoms with Crippen molar-refractivity contribution in [3.05, 3.63) is 0 Å². The van der Waals surface area contributed by atoms with E-state index in [2.05, 4.69) is 17.1 Å². The molecule has 2 saturated carbocycles. The fourth-order valence-corrected chi connectivity index (χ4v) is 3.24. The van der Waals surface area contributed by atoms with Crippen LogP contribution in [0.5, 0.6) is 0 Å². The van der Waals surface area contributed by atoms with Crippen molar-refractivity contribution in [2.24, 2.45) is 17.8 Å². The van der Waals surface area contributed by atoms with Crippen LogP contribution >= 0.6 is 0 Å². The molecule has 3 fully saturated rings. The van der Waals surface area contributed by atoms with Gasteiger partial charge in [-0.15, -0.1) is 0 Å². The number of rotatable bonds is 5. The van der Waals surface area contributed by atoms with Gasteiger partial charge in [-0.3, -0.25) is 14.5 Å². The van der Waals surface area contributed by atoms with Crippen LogP contribution in [0.3, 0.4) is 0 Å². The van der Waals surface area contributed by atoms with Crippen LogP contribution in [0, 0.1) is 17.8 Å². The number of hydrogen-bond donors (Lipinski definition) is 1. The van der Waals surface area contributed by atoms with E-state index in [1.54, 1.807) is 0 Å². The molecule has 0 aromatic carbocycles. The molecule has 3 rings (SSSR count). The lowest BCUT2D eigenvalue weighted by Crippen LogP contribution is -2.51. The molecule has 1 N–H and O–H groups in total. The van der Waals surface area contributed by atoms with Gasteiger partial charge in [-0.1, -0.05) is 13.3 Å². The molecule has 0 bridgehead atoms. The van der Waals surface area contributed by atoms with Crippen LogP contribution < -0.4 is 5.32 Å². The van der Waals surface area contributed by atoms with E-state index in [1.165, 1.54) is 19.3 Å². The number of hydrogen-bond acceptors (Lipinski definition) is 3. The second-order valence-electron chi connectivity index (χ2n) is 7.02. The highest BCUT2D eigenvalue weighted by atomic mass is 16.2. The van der Waals surface area contributed by atoms with Crippen LogP contribution in [0.2, 0.25) is 0 Å². The van der Waals surface area contributed by atoms with E-state index in [0.717, 1.165) is 39.1 Å². The molecule has 1 saturated heterocycles. The maximum Gasteiger partial charge on any atom is 0.234 e. The van der Waals surface area contributed by atoms with Gasteiger partial charge in [-0.2, -0.15) is 0 Å². The summed E-state index contributed by atoms with van der Waals surface area (Å²) < 4.78 is 0. The summed E-state index contributed by atoms with van der Waals surface area (Å²) in [5, 5.41) is 3.04. The Morgan fingerprint density at radius 1 is 1.14 bits per heavy atom. The molecule has 2 unspecified atom stereocenters. The second kappa shape index (κ2) is 6.34. The lowest BCUT2D eigenvalue weighted by Gasteiger charge is -2.34. The largest absolute Gasteiger partial charge is 0.355 e. The van der Waals surface area contributed by atoms with Crippen LogP contribution in [-0.2, 0) is 9.59 Å². The van der Waals surface area contributed by atoms with Gasteiger partial charge in [0.05, 0.1) is 6.54 Å². The molecule has 0 aromatic heterocycles. The summed E-state index contributed by atoms with van der Waals surface area (Å²) >= 11 is 0. The Labute approximate surface area is 127 Å². The molecule has 5 heteroatoms. The van der Waals surface area contributed by atoms with Crippen LogP contribution in [-0.4, -0.2) is 60.9 Å². The van der Waals surface area contributed by atoms with Crippen LogP contribution in [0.4, 0.5) is 0 Å². The monoisotopic (exact) mass is 293 g/mol. The number of amides is 2. The fraction of sp³-hybridized carbons (Fsp3) is 0.875. The van der Waals surface area contributed by atoms with E-state index in [0.29, 0.717) is 24.3 Å². The molecule has 0 aromatic rings. The molecule has 2 atom stereocenters. The van der Waals surface area contributed by atoms with Crippen molar-refractivity contribution in [2.45, 2.75) is 32.6 Å². The van der Waals surface area contributed by atoms with Crippen LogP contribution in [0.1, 0.15) is 32.6 Å². The summed E-state index contributed by atoms with van der Waals surface area (Å²) in [5.41, 5.74) is 0. The Balaban J connectivity index is 1.33. The molecule has 3 aliphatic rings. The first-order valence-corrected chi connectivity index (χ1v) is 8.41. The zero-order valence-electron chi connectivity index (χ0n) is 13.0. The zero-order chi connectivity index (χ0) is 14.8. The van der Waals surface area contributed by atoms with Gasteiger partial charge in [0.1, 0.15) is 0 Å². The highest BCUT2D eigenvalue weighted by Crippen LogP contribution is 2.39. The highest BCUT2D eigenvalue weighted by molar-refractivity contribution is 5.82. The Kier molecular flexibility index (Phi) is 4.48. The van der Waals surface area contributed by atoms with Crippen LogP contribution in [0.15, 0.2) is 0 Å². The highest BCUT2D eigenvalue weighted by Gasteiger charge is 2.41. The maximum atomic E-state index is 12.1. The topological polar surface area (TPSA) is 52.7 Å². The van der Waals surface area contributed by atoms with Crippen molar-refractivity contribution in [1.82, 2.24) is 15.1 Å². The molecule has 0 spiro atoms. The SMILES string of the molecule is CC1CC1C(=O)N1CCN(CC(=O)NCC2CCC2)CC1. The van der Waals surface area contributed by atoms with Crippen molar-refractivity contribution >= 4 is 11.8 Å². The number of carbonyl (C=O) groups is 2. The van der Waals surface area contributed by atoms with Gasteiger partial charge >= 0.3 is 0 Å². The number of carbonyl (C=O) groups excluding carboxylic acids is 2. The van der Waals surface area contributed by atoms with Gasteiger partial charge in [-0.25, -0.2) is 0 Å². The summed E-state index contributed by atoms with van der Waals surface area (Å²) in [6.07, 6.45) is 4.90. The first-order chi connectivity index (χ1) is 10.1. The van der Waals surface area contributed by atoms with Gasteiger partial charge < -0.3 is 10.2 Å². The Morgan fingerprint density at radius 2 is 1.81 bits per heavy atom. The van der Waals surface area contributed by atoms with E-state index in [9.17, 15) is 9.59 Å². The molecule has 0 radical (unpaired) electrons. The smallest absolute Gasteiger partial charge is 0.234 e. The summed E-state index contributed by atoms with van der Waals surface area (Å²) in [6.45, 7) is 6.67. The third-order valence-electron chi connectivity index (χ3n) is 5.29. The second-order valence-corrected chi connectivity index (χ2v) is 7.02. The minimum atomic E-state index is 0.137. The lowest BCUT2D eigenvalue weighted by molar-refractivity contribution is -0.134. The average Bonchev–Trinajstić information content (AvgIpc) is 3.14. The average molecular weight is 293 g/mol. The molecule has 1 heterocycles. The van der Waals surface area contributed by atoms with Crippen molar-refractivity contribution in [3.8, 4) is 0 Å². The van der Waals surface area contributed by atoms with Crippen molar-refractivity contribution in [3.63, 3.8) is 0 Å². The summed E-state index contributed by atoms with van der Waals surface area (Å²) in [6, 6.07) is 0. The van der Waals surface area contributed by atoms with Gasteiger partial charge in [-0.05, 0) is 31.1 Å². The predicted molar refractivity (Wildman–Crippen MR) is 80.6 cm³/mol. The fourth-order valence-electron chi connectivity index (χ4n) is 3.24. The first kappa shape index (κ1) is 14.8. The van der Waals surface area contributed by atoms with Gasteiger partial charge in [0.25, 0.3) is 0 Å². The van der Waals surface area contributed by atoms with E-state index in [-0.39, 0.29) is 11.8 Å². The van der Waals surface area contributed by atoms with Crippen LogP contribution in [0.25, 0.3) is 0 Å². The lowest BCUT2D eigenvalue weighted by atomic mass is 9.85. The molecule has 1 aliphatic heterocycles. The molecule has 118 valence electrons. The Bertz CT molecular complexity index is 400. The maximum absolute atomic E-state index is 12.1. The number of nitrogens with zero attached hydrogens (tertiary/aromatic N) is 2. The normalized spacial score (nSPS) is 29.9. The molecule has 2 amide bonds. The van der Waals surface area contributed by atoms with E-state index in [1.807, 2.05) is 4.90 Å². The van der Waals surface area contributed by atoms with Crippen molar-refractivity contribution < 1.29 is 9.59 Å². The summed E-state index contributed by atoms with van der Waals surface area (Å²) in [5.74, 6) is 2.04. The first-order valence-electron chi connectivity index (χ1n) is 8.41. The number of nitrogens with one attached hydrogen (secondary N) is 1. The standard InChI is InChI=1S/C16H27N3O2/c1-12-9-14(12)16(21)19-7-5-18(6-8-19)11-15(20)17-10-13-3-2-4-13/h12-14H,2-11H2,1H3,(H,17,20). The van der Waals surface area contributed by atoms with Gasteiger partial charge in [0.15, 0.2) is 0 Å². The zero-order valence-corrected chi connectivity index (χ0v) is 13.0. The molecule has 5 nitrogen and oxygen atoms in total. The van der Waals surface area contributed by atoms with Gasteiger partial charge in [0.2, 0.25) is 11.8 Å². The third kappa shape index (κ3) is 3.76. The summed E-state index contributed by atoms with van der Waals surface area (Å²) in [4.78, 5) is 28.2. The minimum absolute atomic E-state index is 0.137. The van der Waals surface area contributed by atoms with Crippen molar-refractivity contribution in [1.29, 1.82) is 0 Å². The Morgan fingerprint density at radius 3 is 2.33 bits per heavy atom. The van der Waals surface area contributed by atoms with E-state index < -0.39 is 0 Å². The predicted octanol–water partition coefficient (Wildman–Crippen LogP) is 0.703.